The van der Waals surface area contributed by atoms with Gasteiger partial charge in [0.05, 0.1) is 12.6 Å². The standard InChI is InChI=1S/C23H30N6O6/c24-19(30)8-7-17(23(34)35)29-22(33)18(10-13-11-26-15-5-2-1-4-14(13)15)28-20(31)12-27-21(32)16-6-3-9-25-16/h1-2,4-5,11,16-18,25-26H,3,6-10,12H2,(H2,24,30)(H,27,32)(H,28,31)(H,29,33)(H,34,35). The van der Waals surface area contributed by atoms with Crippen LogP contribution >= 0.6 is 0 Å². The number of primary amides is 1. The molecule has 12 heteroatoms. The lowest BCUT2D eigenvalue weighted by atomic mass is 10.0. The number of carboxylic acid groups (broad SMARTS) is 1. The number of carbonyl (C=O) groups excluding carboxylic acids is 4. The molecule has 3 rings (SSSR count). The van der Waals surface area contributed by atoms with Crippen LogP contribution in [0.4, 0.5) is 0 Å². The molecule has 1 aromatic heterocycles. The molecule has 0 bridgehead atoms. The van der Waals surface area contributed by atoms with Gasteiger partial charge in [0.25, 0.3) is 0 Å². The number of hydrogen-bond donors (Lipinski definition) is 7. The van der Waals surface area contributed by atoms with Gasteiger partial charge in [0.15, 0.2) is 0 Å². The van der Waals surface area contributed by atoms with Crippen LogP contribution in [0.1, 0.15) is 31.2 Å². The summed E-state index contributed by atoms with van der Waals surface area (Å²) < 4.78 is 0. The molecule has 3 unspecified atom stereocenters. The minimum Gasteiger partial charge on any atom is -0.480 e. The van der Waals surface area contributed by atoms with Crippen molar-refractivity contribution in [2.75, 3.05) is 13.1 Å². The van der Waals surface area contributed by atoms with Gasteiger partial charge < -0.3 is 37.1 Å². The molecule has 2 aromatic rings. The number of rotatable bonds is 12. The molecule has 188 valence electrons. The Hall–Kier alpha value is -3.93. The first-order chi connectivity index (χ1) is 16.7. The van der Waals surface area contributed by atoms with E-state index >= 15 is 0 Å². The van der Waals surface area contributed by atoms with Crippen LogP contribution in [0.2, 0.25) is 0 Å². The summed E-state index contributed by atoms with van der Waals surface area (Å²) in [6, 6.07) is 4.58. The summed E-state index contributed by atoms with van der Waals surface area (Å²) in [4.78, 5) is 63.5. The summed E-state index contributed by atoms with van der Waals surface area (Å²) in [5, 5.41) is 20.8. The summed E-state index contributed by atoms with van der Waals surface area (Å²) in [6.07, 6.45) is 2.93. The minimum absolute atomic E-state index is 0.0713. The summed E-state index contributed by atoms with van der Waals surface area (Å²) in [5.41, 5.74) is 6.68. The topological polar surface area (TPSA) is 196 Å². The molecule has 1 saturated heterocycles. The number of fused-ring (bicyclic) bond motifs is 1. The first kappa shape index (κ1) is 25.7. The number of aromatic amines is 1. The van der Waals surface area contributed by atoms with Crippen LogP contribution in [-0.4, -0.2) is 70.9 Å². The minimum atomic E-state index is -1.36. The van der Waals surface area contributed by atoms with Gasteiger partial charge in [-0.1, -0.05) is 18.2 Å². The van der Waals surface area contributed by atoms with E-state index in [0.717, 1.165) is 29.4 Å². The van der Waals surface area contributed by atoms with Gasteiger partial charge >= 0.3 is 5.97 Å². The average molecular weight is 487 g/mol. The average Bonchev–Trinajstić information content (AvgIpc) is 3.50. The number of hydrogen-bond acceptors (Lipinski definition) is 6. The summed E-state index contributed by atoms with van der Waals surface area (Å²) in [6.45, 7) is 0.399. The van der Waals surface area contributed by atoms with Crippen molar-refractivity contribution < 1.29 is 29.1 Å². The Morgan fingerprint density at radius 1 is 1.11 bits per heavy atom. The van der Waals surface area contributed by atoms with E-state index in [4.69, 9.17) is 5.73 Å². The van der Waals surface area contributed by atoms with Gasteiger partial charge in [-0.25, -0.2) is 4.79 Å². The molecule has 1 aromatic carbocycles. The molecule has 0 spiro atoms. The molecule has 3 atom stereocenters. The maximum Gasteiger partial charge on any atom is 0.326 e. The molecule has 0 aliphatic carbocycles. The van der Waals surface area contributed by atoms with Crippen molar-refractivity contribution in [1.29, 1.82) is 0 Å². The van der Waals surface area contributed by atoms with Crippen LogP contribution in [0.3, 0.4) is 0 Å². The van der Waals surface area contributed by atoms with E-state index in [1.807, 2.05) is 24.3 Å². The van der Waals surface area contributed by atoms with E-state index in [9.17, 15) is 29.1 Å². The van der Waals surface area contributed by atoms with Crippen molar-refractivity contribution in [3.05, 3.63) is 36.0 Å². The van der Waals surface area contributed by atoms with Crippen LogP contribution in [0.15, 0.2) is 30.5 Å². The molecular formula is C23H30N6O6. The van der Waals surface area contributed by atoms with E-state index in [0.29, 0.717) is 6.42 Å². The van der Waals surface area contributed by atoms with Gasteiger partial charge in [0, 0.05) is 29.9 Å². The summed E-state index contributed by atoms with van der Waals surface area (Å²) in [7, 11) is 0. The Morgan fingerprint density at radius 3 is 2.57 bits per heavy atom. The van der Waals surface area contributed by atoms with Gasteiger partial charge in [-0.2, -0.15) is 0 Å². The van der Waals surface area contributed by atoms with Crippen molar-refractivity contribution in [2.45, 2.75) is 50.2 Å². The highest BCUT2D eigenvalue weighted by Gasteiger charge is 2.28. The number of H-pyrrole nitrogens is 1. The van der Waals surface area contributed by atoms with Crippen molar-refractivity contribution in [1.82, 2.24) is 26.3 Å². The highest BCUT2D eigenvalue weighted by Crippen LogP contribution is 2.19. The van der Waals surface area contributed by atoms with Gasteiger partial charge in [-0.3, -0.25) is 19.2 Å². The molecule has 0 saturated carbocycles. The van der Waals surface area contributed by atoms with Crippen molar-refractivity contribution in [3.8, 4) is 0 Å². The van der Waals surface area contributed by atoms with E-state index in [-0.39, 0.29) is 37.8 Å². The smallest absolute Gasteiger partial charge is 0.326 e. The normalized spacial score (nSPS) is 16.9. The van der Waals surface area contributed by atoms with Gasteiger partial charge in [-0.15, -0.1) is 0 Å². The second-order valence-corrected chi connectivity index (χ2v) is 8.45. The lowest BCUT2D eigenvalue weighted by molar-refractivity contribution is -0.142. The first-order valence-corrected chi connectivity index (χ1v) is 11.4. The van der Waals surface area contributed by atoms with E-state index in [2.05, 4.69) is 26.3 Å². The SMILES string of the molecule is NC(=O)CCC(NC(=O)C(Cc1c[nH]c2ccccc12)NC(=O)CNC(=O)C1CCCN1)C(=O)O. The fraction of sp³-hybridized carbons (Fsp3) is 0.435. The molecule has 35 heavy (non-hydrogen) atoms. The van der Waals surface area contributed by atoms with Crippen molar-refractivity contribution in [3.63, 3.8) is 0 Å². The number of aromatic nitrogens is 1. The van der Waals surface area contributed by atoms with E-state index < -0.39 is 35.8 Å². The lowest BCUT2D eigenvalue weighted by Gasteiger charge is -2.21. The number of carboxylic acids is 1. The largest absolute Gasteiger partial charge is 0.480 e. The molecule has 0 radical (unpaired) electrons. The molecule has 4 amide bonds. The van der Waals surface area contributed by atoms with E-state index in [1.54, 1.807) is 6.20 Å². The third-order valence-electron chi connectivity index (χ3n) is 5.84. The predicted molar refractivity (Wildman–Crippen MR) is 126 cm³/mol. The fourth-order valence-electron chi connectivity index (χ4n) is 3.99. The molecular weight excluding hydrogens is 456 g/mol. The Labute approximate surface area is 201 Å². The highest BCUT2D eigenvalue weighted by molar-refractivity contribution is 5.93. The quantitative estimate of drug-likeness (QED) is 0.198. The zero-order valence-electron chi connectivity index (χ0n) is 19.1. The Bertz CT molecular complexity index is 1090. The number of benzene rings is 1. The second-order valence-electron chi connectivity index (χ2n) is 8.45. The Kier molecular flexibility index (Phi) is 8.79. The fourth-order valence-corrected chi connectivity index (χ4v) is 3.99. The second kappa shape index (κ2) is 12.0. The molecule has 1 aliphatic heterocycles. The van der Waals surface area contributed by atoms with Gasteiger partial charge in [-0.05, 0) is 37.4 Å². The monoisotopic (exact) mass is 486 g/mol. The maximum atomic E-state index is 13.0. The highest BCUT2D eigenvalue weighted by atomic mass is 16.4. The lowest BCUT2D eigenvalue weighted by Crippen LogP contribution is -2.54. The summed E-state index contributed by atoms with van der Waals surface area (Å²) >= 11 is 0. The van der Waals surface area contributed by atoms with Gasteiger partial charge in [0.2, 0.25) is 23.6 Å². The number of aliphatic carboxylic acids is 1. The van der Waals surface area contributed by atoms with Crippen LogP contribution in [-0.2, 0) is 30.4 Å². The van der Waals surface area contributed by atoms with Crippen LogP contribution in [0.25, 0.3) is 10.9 Å². The van der Waals surface area contributed by atoms with Crippen LogP contribution in [0.5, 0.6) is 0 Å². The predicted octanol–water partition coefficient (Wildman–Crippen LogP) is -1.10. The zero-order chi connectivity index (χ0) is 25.4. The number of nitrogens with one attached hydrogen (secondary N) is 5. The molecule has 2 heterocycles. The summed E-state index contributed by atoms with van der Waals surface area (Å²) in [5.74, 6) is -3.65. The number of nitrogens with two attached hydrogens (primary N) is 1. The van der Waals surface area contributed by atoms with Crippen LogP contribution in [0, 0.1) is 0 Å². The third kappa shape index (κ3) is 7.27. The maximum absolute atomic E-state index is 13.0. The molecule has 12 nitrogen and oxygen atoms in total. The first-order valence-electron chi connectivity index (χ1n) is 11.4. The Morgan fingerprint density at radius 2 is 1.89 bits per heavy atom. The van der Waals surface area contributed by atoms with Crippen molar-refractivity contribution >= 4 is 40.5 Å². The molecule has 8 N–H and O–H groups in total. The number of carbonyl (C=O) groups is 5. The third-order valence-corrected chi connectivity index (χ3v) is 5.84. The molecule has 1 fully saturated rings. The number of para-hydroxylation sites is 1. The zero-order valence-corrected chi connectivity index (χ0v) is 19.1. The van der Waals surface area contributed by atoms with Crippen molar-refractivity contribution in [2.24, 2.45) is 5.73 Å². The van der Waals surface area contributed by atoms with E-state index in [1.165, 1.54) is 0 Å². The molecule has 1 aliphatic rings. The number of amides is 4. The van der Waals surface area contributed by atoms with Gasteiger partial charge in [0.1, 0.15) is 12.1 Å². The Balaban J connectivity index is 1.70. The van der Waals surface area contributed by atoms with Crippen LogP contribution < -0.4 is 27.0 Å².